The van der Waals surface area contributed by atoms with E-state index in [9.17, 15) is 9.59 Å². The highest BCUT2D eigenvalue weighted by atomic mass is 16.5. The first-order chi connectivity index (χ1) is 13.9. The number of hydrogen-bond acceptors (Lipinski definition) is 6. The number of benzene rings is 2. The summed E-state index contributed by atoms with van der Waals surface area (Å²) < 4.78 is 10.4. The van der Waals surface area contributed by atoms with Gasteiger partial charge in [-0.1, -0.05) is 35.0 Å². The molecule has 2 aromatic carbocycles. The number of urea groups is 1. The Morgan fingerprint density at radius 1 is 1.10 bits per heavy atom. The van der Waals surface area contributed by atoms with E-state index in [2.05, 4.69) is 15.5 Å². The Balaban J connectivity index is 1.54. The zero-order valence-electron chi connectivity index (χ0n) is 16.3. The molecular formula is C21H20N4O4. The molecule has 4 rings (SSSR count). The lowest BCUT2D eigenvalue weighted by Crippen LogP contribution is -2.40. The van der Waals surface area contributed by atoms with Gasteiger partial charge in [0.05, 0.1) is 7.11 Å². The molecule has 3 amide bonds. The highest BCUT2D eigenvalue weighted by Crippen LogP contribution is 2.30. The van der Waals surface area contributed by atoms with Crippen LogP contribution in [0.3, 0.4) is 0 Å². The molecular weight excluding hydrogens is 372 g/mol. The lowest BCUT2D eigenvalue weighted by molar-refractivity contribution is -0.131. The molecule has 1 saturated heterocycles. The third kappa shape index (κ3) is 3.33. The largest absolute Gasteiger partial charge is 0.497 e. The number of carbonyl (C=O) groups excluding carboxylic acids is 2. The fourth-order valence-electron chi connectivity index (χ4n) is 3.23. The minimum atomic E-state index is -1.14. The summed E-state index contributed by atoms with van der Waals surface area (Å²) >= 11 is 0. The normalized spacial score (nSPS) is 18.8. The van der Waals surface area contributed by atoms with Crippen LogP contribution in [0.1, 0.15) is 23.9 Å². The Morgan fingerprint density at radius 2 is 1.79 bits per heavy atom. The van der Waals surface area contributed by atoms with Crippen LogP contribution in [0.25, 0.3) is 11.4 Å². The second kappa shape index (κ2) is 7.05. The van der Waals surface area contributed by atoms with Crippen molar-refractivity contribution in [2.45, 2.75) is 25.9 Å². The summed E-state index contributed by atoms with van der Waals surface area (Å²) in [5.41, 5.74) is 1.39. The number of nitrogens with zero attached hydrogens (tertiary/aromatic N) is 3. The number of carbonyl (C=O) groups is 2. The number of amides is 3. The van der Waals surface area contributed by atoms with Gasteiger partial charge in [-0.2, -0.15) is 4.98 Å². The summed E-state index contributed by atoms with van der Waals surface area (Å²) in [4.78, 5) is 30.9. The first kappa shape index (κ1) is 18.7. The first-order valence-electron chi connectivity index (χ1n) is 9.09. The molecule has 1 aromatic heterocycles. The SMILES string of the molecule is COc1ccc(-c2noc(CN3C(=O)N[C@@](C)(c4ccc(C)cc4)C3=O)n2)cc1. The maximum absolute atomic E-state index is 13.0. The van der Waals surface area contributed by atoms with Crippen molar-refractivity contribution in [2.24, 2.45) is 0 Å². The zero-order chi connectivity index (χ0) is 20.6. The molecule has 1 N–H and O–H groups in total. The summed E-state index contributed by atoms with van der Waals surface area (Å²) in [5, 5.41) is 6.71. The van der Waals surface area contributed by atoms with Gasteiger partial charge in [0.25, 0.3) is 5.91 Å². The molecule has 29 heavy (non-hydrogen) atoms. The summed E-state index contributed by atoms with van der Waals surface area (Å²) in [7, 11) is 1.59. The molecule has 0 aliphatic carbocycles. The van der Waals surface area contributed by atoms with Gasteiger partial charge in [-0.15, -0.1) is 0 Å². The fourth-order valence-corrected chi connectivity index (χ4v) is 3.23. The number of imide groups is 1. The highest BCUT2D eigenvalue weighted by molar-refractivity contribution is 6.07. The third-order valence-corrected chi connectivity index (χ3v) is 5.01. The molecule has 148 valence electrons. The van der Waals surface area contributed by atoms with E-state index >= 15 is 0 Å². The van der Waals surface area contributed by atoms with Gasteiger partial charge in [0.1, 0.15) is 17.8 Å². The molecule has 8 heteroatoms. The van der Waals surface area contributed by atoms with Gasteiger partial charge in [-0.25, -0.2) is 4.79 Å². The smallest absolute Gasteiger partial charge is 0.325 e. The van der Waals surface area contributed by atoms with E-state index in [1.54, 1.807) is 38.3 Å². The summed E-state index contributed by atoms with van der Waals surface area (Å²) in [6.07, 6.45) is 0. The monoisotopic (exact) mass is 392 g/mol. The average Bonchev–Trinajstić information content (AvgIpc) is 3.28. The molecule has 1 fully saturated rings. The summed E-state index contributed by atoms with van der Waals surface area (Å²) in [5.74, 6) is 0.895. The number of aromatic nitrogens is 2. The lowest BCUT2D eigenvalue weighted by atomic mass is 9.91. The predicted octanol–water partition coefficient (Wildman–Crippen LogP) is 3.02. The Kier molecular flexibility index (Phi) is 4.54. The van der Waals surface area contributed by atoms with E-state index in [0.29, 0.717) is 17.1 Å². The number of ether oxygens (including phenoxy) is 1. The molecule has 1 atom stereocenters. The number of methoxy groups -OCH3 is 1. The number of rotatable bonds is 5. The van der Waals surface area contributed by atoms with Gasteiger partial charge in [0, 0.05) is 5.56 Å². The van der Waals surface area contributed by atoms with E-state index in [1.807, 2.05) is 31.2 Å². The second-order valence-corrected chi connectivity index (χ2v) is 7.05. The topological polar surface area (TPSA) is 97.6 Å². The zero-order valence-corrected chi connectivity index (χ0v) is 16.3. The number of hydrogen-bond donors (Lipinski definition) is 1. The first-order valence-corrected chi connectivity index (χ1v) is 9.09. The van der Waals surface area contributed by atoms with Gasteiger partial charge in [0.15, 0.2) is 0 Å². The van der Waals surface area contributed by atoms with Crippen LogP contribution in [0.4, 0.5) is 4.79 Å². The van der Waals surface area contributed by atoms with E-state index in [0.717, 1.165) is 16.0 Å². The minimum absolute atomic E-state index is 0.102. The van der Waals surface area contributed by atoms with Crippen molar-refractivity contribution in [1.82, 2.24) is 20.4 Å². The van der Waals surface area contributed by atoms with Gasteiger partial charge >= 0.3 is 6.03 Å². The quantitative estimate of drug-likeness (QED) is 0.671. The lowest BCUT2D eigenvalue weighted by Gasteiger charge is -2.22. The van der Waals surface area contributed by atoms with Crippen LogP contribution in [0.5, 0.6) is 5.75 Å². The second-order valence-electron chi connectivity index (χ2n) is 7.05. The van der Waals surface area contributed by atoms with Crippen LogP contribution in [0.15, 0.2) is 53.1 Å². The van der Waals surface area contributed by atoms with Crippen molar-refractivity contribution in [3.05, 3.63) is 65.5 Å². The van der Waals surface area contributed by atoms with E-state index in [4.69, 9.17) is 9.26 Å². The molecule has 0 unspecified atom stereocenters. The van der Waals surface area contributed by atoms with Crippen molar-refractivity contribution in [1.29, 1.82) is 0 Å². The summed E-state index contributed by atoms with van der Waals surface area (Å²) in [6, 6.07) is 14.2. The average molecular weight is 392 g/mol. The molecule has 0 spiro atoms. The van der Waals surface area contributed by atoms with Crippen LogP contribution in [0, 0.1) is 6.92 Å². The Hall–Kier alpha value is -3.68. The van der Waals surface area contributed by atoms with Crippen molar-refractivity contribution >= 4 is 11.9 Å². The van der Waals surface area contributed by atoms with Crippen molar-refractivity contribution in [3.63, 3.8) is 0 Å². The molecule has 0 bridgehead atoms. The molecule has 0 saturated carbocycles. The van der Waals surface area contributed by atoms with Crippen LogP contribution in [-0.4, -0.2) is 34.1 Å². The van der Waals surface area contributed by atoms with Gasteiger partial charge < -0.3 is 14.6 Å². The highest BCUT2D eigenvalue weighted by Gasteiger charge is 2.49. The maximum atomic E-state index is 13.0. The molecule has 8 nitrogen and oxygen atoms in total. The van der Waals surface area contributed by atoms with Crippen LogP contribution in [0.2, 0.25) is 0 Å². The summed E-state index contributed by atoms with van der Waals surface area (Å²) in [6.45, 7) is 3.55. The Bertz CT molecular complexity index is 1060. The van der Waals surface area contributed by atoms with Crippen LogP contribution in [-0.2, 0) is 16.9 Å². The van der Waals surface area contributed by atoms with Gasteiger partial charge in [-0.05, 0) is 43.7 Å². The predicted molar refractivity (Wildman–Crippen MR) is 104 cm³/mol. The molecule has 0 radical (unpaired) electrons. The minimum Gasteiger partial charge on any atom is -0.497 e. The van der Waals surface area contributed by atoms with E-state index in [1.165, 1.54) is 0 Å². The Labute approximate surface area is 167 Å². The fraction of sp³-hybridized carbons (Fsp3) is 0.238. The molecule has 1 aliphatic rings. The number of nitrogens with one attached hydrogen (secondary N) is 1. The molecule has 3 aromatic rings. The number of aryl methyl sites for hydroxylation is 1. The standard InChI is InChI=1S/C21H20N4O4/c1-13-4-8-15(9-5-13)21(2)19(26)25(20(27)23-21)12-17-22-18(24-29-17)14-6-10-16(28-3)11-7-14/h4-11H,12H2,1-3H3,(H,23,27)/t21-/m0/s1. The van der Waals surface area contributed by atoms with Gasteiger partial charge in [-0.3, -0.25) is 9.69 Å². The Morgan fingerprint density at radius 3 is 2.45 bits per heavy atom. The van der Waals surface area contributed by atoms with Crippen molar-refractivity contribution in [2.75, 3.05) is 7.11 Å². The van der Waals surface area contributed by atoms with Crippen LogP contribution < -0.4 is 10.1 Å². The van der Waals surface area contributed by atoms with Gasteiger partial charge in [0.2, 0.25) is 11.7 Å². The van der Waals surface area contributed by atoms with Crippen molar-refractivity contribution in [3.8, 4) is 17.1 Å². The van der Waals surface area contributed by atoms with Crippen molar-refractivity contribution < 1.29 is 18.8 Å². The third-order valence-electron chi connectivity index (χ3n) is 5.01. The van der Waals surface area contributed by atoms with E-state index < -0.39 is 11.6 Å². The maximum Gasteiger partial charge on any atom is 0.325 e. The van der Waals surface area contributed by atoms with E-state index in [-0.39, 0.29) is 18.3 Å². The molecule has 1 aliphatic heterocycles. The molecule has 2 heterocycles. The van der Waals surface area contributed by atoms with Crippen LogP contribution >= 0.6 is 0 Å².